The summed E-state index contributed by atoms with van der Waals surface area (Å²) in [5.41, 5.74) is 3.49. The molecule has 2 heterocycles. The molecule has 1 aliphatic heterocycles. The number of ether oxygens (including phenoxy) is 1. The van der Waals surface area contributed by atoms with E-state index in [0.717, 1.165) is 27.7 Å². The maximum absolute atomic E-state index is 13.9. The molecule has 0 N–H and O–H groups in total. The minimum absolute atomic E-state index is 0.234. The number of aromatic nitrogens is 2. The summed E-state index contributed by atoms with van der Waals surface area (Å²) in [6.45, 7) is 0. The van der Waals surface area contributed by atoms with Gasteiger partial charge in [-0.2, -0.15) is 5.10 Å². The molecule has 0 bridgehead atoms. The quantitative estimate of drug-likeness (QED) is 0.722. The number of nitrogens with zero attached hydrogens (tertiary/aromatic N) is 3. The second-order valence-electron chi connectivity index (χ2n) is 5.30. The molecule has 4 rings (SSSR count). The maximum Gasteiger partial charge on any atom is 0.189 e. The zero-order valence-corrected chi connectivity index (χ0v) is 13.8. The number of halogens is 1. The second kappa shape index (κ2) is 6.13. The van der Waals surface area contributed by atoms with Crippen LogP contribution in [0.5, 0.6) is 5.75 Å². The van der Waals surface area contributed by atoms with Gasteiger partial charge in [-0.05, 0) is 18.2 Å². The number of hydrogen-bond acceptors (Lipinski definition) is 4. The lowest BCUT2D eigenvalue weighted by atomic mass is 10.1. The summed E-state index contributed by atoms with van der Waals surface area (Å²) in [5, 5.41) is 5.44. The van der Waals surface area contributed by atoms with Crippen LogP contribution in [0.2, 0.25) is 0 Å². The first-order valence-corrected chi connectivity index (χ1v) is 8.42. The molecule has 3 aromatic rings. The minimum Gasteiger partial charge on any atom is -0.494 e. The molecule has 0 amide bonds. The molecule has 0 spiro atoms. The molecule has 6 heteroatoms. The third-order valence-corrected chi connectivity index (χ3v) is 4.73. The molecular weight excluding hydrogens is 325 g/mol. The van der Waals surface area contributed by atoms with Crippen LogP contribution in [0, 0.1) is 5.82 Å². The van der Waals surface area contributed by atoms with Gasteiger partial charge >= 0.3 is 0 Å². The van der Waals surface area contributed by atoms with E-state index in [2.05, 4.69) is 10.1 Å². The van der Waals surface area contributed by atoms with Gasteiger partial charge in [0.1, 0.15) is 0 Å². The Labute approximate surface area is 143 Å². The first-order chi connectivity index (χ1) is 11.7. The van der Waals surface area contributed by atoms with Crippen LogP contribution in [0.3, 0.4) is 0 Å². The minimum atomic E-state index is -0.385. The molecule has 120 valence electrons. The van der Waals surface area contributed by atoms with Gasteiger partial charge in [-0.3, -0.25) is 0 Å². The van der Waals surface area contributed by atoms with E-state index in [1.807, 2.05) is 42.6 Å². The number of thioether (sulfide) groups is 1. The van der Waals surface area contributed by atoms with Crippen LogP contribution >= 0.6 is 11.8 Å². The molecule has 0 saturated carbocycles. The maximum atomic E-state index is 13.9. The highest BCUT2D eigenvalue weighted by Crippen LogP contribution is 2.29. The van der Waals surface area contributed by atoms with Gasteiger partial charge < -0.3 is 4.74 Å². The molecule has 1 aromatic heterocycles. The van der Waals surface area contributed by atoms with Crippen molar-refractivity contribution in [3.8, 4) is 17.0 Å². The summed E-state index contributed by atoms with van der Waals surface area (Å²) in [5.74, 6) is 0.499. The van der Waals surface area contributed by atoms with Crippen molar-refractivity contribution < 1.29 is 9.13 Å². The van der Waals surface area contributed by atoms with Crippen LogP contribution < -0.4 is 4.74 Å². The van der Waals surface area contributed by atoms with E-state index >= 15 is 0 Å². The standard InChI is InChI=1S/C18H14FN3OS/c1-23-17-8-7-13(9-14(17)19)16-11-24-18-20-15(10-22(18)21-16)12-5-3-2-4-6-12/h2-10H,11H2,1H3. The Morgan fingerprint density at radius 2 is 1.96 bits per heavy atom. The Kier molecular flexibility index (Phi) is 3.82. The van der Waals surface area contributed by atoms with Gasteiger partial charge in [0, 0.05) is 16.9 Å². The number of fused-ring (bicyclic) bond motifs is 1. The van der Waals surface area contributed by atoms with E-state index < -0.39 is 0 Å². The highest BCUT2D eigenvalue weighted by molar-refractivity contribution is 7.99. The smallest absolute Gasteiger partial charge is 0.189 e. The van der Waals surface area contributed by atoms with Gasteiger partial charge in [0.25, 0.3) is 0 Å². The fraction of sp³-hybridized carbons (Fsp3) is 0.111. The molecule has 0 unspecified atom stereocenters. The van der Waals surface area contributed by atoms with Crippen molar-refractivity contribution in [2.24, 2.45) is 5.10 Å². The molecule has 0 radical (unpaired) electrons. The number of rotatable bonds is 3. The average Bonchev–Trinajstić information content (AvgIpc) is 3.05. The summed E-state index contributed by atoms with van der Waals surface area (Å²) >= 11 is 1.59. The Bertz CT molecular complexity index is 921. The number of imidazole rings is 1. The van der Waals surface area contributed by atoms with Crippen molar-refractivity contribution in [3.63, 3.8) is 0 Å². The zero-order valence-electron chi connectivity index (χ0n) is 12.9. The topological polar surface area (TPSA) is 39.4 Å². The second-order valence-corrected chi connectivity index (χ2v) is 6.25. The highest BCUT2D eigenvalue weighted by atomic mass is 32.2. The van der Waals surface area contributed by atoms with Gasteiger partial charge in [-0.1, -0.05) is 42.1 Å². The van der Waals surface area contributed by atoms with E-state index in [4.69, 9.17) is 4.74 Å². The summed E-state index contributed by atoms with van der Waals surface area (Å²) in [7, 11) is 1.45. The molecule has 24 heavy (non-hydrogen) atoms. The summed E-state index contributed by atoms with van der Waals surface area (Å²) in [4.78, 5) is 4.62. The van der Waals surface area contributed by atoms with Gasteiger partial charge in [0.05, 0.1) is 24.7 Å². The number of methoxy groups -OCH3 is 1. The van der Waals surface area contributed by atoms with Crippen LogP contribution in [0.1, 0.15) is 5.56 Å². The lowest BCUT2D eigenvalue weighted by molar-refractivity contribution is 0.386. The molecular formula is C18H14FN3OS. The molecule has 1 aliphatic rings. The Balaban J connectivity index is 1.69. The van der Waals surface area contributed by atoms with Gasteiger partial charge in [0.2, 0.25) is 0 Å². The van der Waals surface area contributed by atoms with Crippen molar-refractivity contribution in [3.05, 3.63) is 66.1 Å². The average molecular weight is 339 g/mol. The highest BCUT2D eigenvalue weighted by Gasteiger charge is 2.18. The number of hydrogen-bond donors (Lipinski definition) is 0. The third kappa shape index (κ3) is 2.69. The van der Waals surface area contributed by atoms with E-state index in [1.54, 1.807) is 22.5 Å². The summed E-state index contributed by atoms with van der Waals surface area (Å²) < 4.78 is 20.6. The van der Waals surface area contributed by atoms with Crippen molar-refractivity contribution >= 4 is 17.5 Å². The molecule has 0 atom stereocenters. The van der Waals surface area contributed by atoms with E-state index in [1.165, 1.54) is 13.2 Å². The van der Waals surface area contributed by atoms with Crippen LogP contribution in [-0.2, 0) is 0 Å². The van der Waals surface area contributed by atoms with Crippen LogP contribution in [0.4, 0.5) is 4.39 Å². The molecule has 0 aliphatic carbocycles. The van der Waals surface area contributed by atoms with E-state index in [-0.39, 0.29) is 11.6 Å². The molecule has 4 nitrogen and oxygen atoms in total. The fourth-order valence-corrected chi connectivity index (χ4v) is 3.43. The first-order valence-electron chi connectivity index (χ1n) is 7.44. The zero-order chi connectivity index (χ0) is 16.5. The molecule has 0 fully saturated rings. The monoisotopic (exact) mass is 339 g/mol. The van der Waals surface area contributed by atoms with Crippen LogP contribution in [-0.4, -0.2) is 28.2 Å². The normalized spacial score (nSPS) is 13.3. The van der Waals surface area contributed by atoms with Crippen molar-refractivity contribution in [1.29, 1.82) is 0 Å². The van der Waals surface area contributed by atoms with E-state index in [9.17, 15) is 4.39 Å². The van der Waals surface area contributed by atoms with Crippen molar-refractivity contribution in [2.45, 2.75) is 5.16 Å². The SMILES string of the molecule is COc1ccc(C2=Nn3cc(-c4ccccc4)nc3SC2)cc1F. The Morgan fingerprint density at radius 1 is 1.12 bits per heavy atom. The lowest BCUT2D eigenvalue weighted by Gasteiger charge is -2.13. The van der Waals surface area contributed by atoms with Crippen LogP contribution in [0.15, 0.2) is 65.0 Å². The largest absolute Gasteiger partial charge is 0.494 e. The van der Waals surface area contributed by atoms with Gasteiger partial charge in [-0.25, -0.2) is 14.1 Å². The number of benzene rings is 2. The predicted molar refractivity (Wildman–Crippen MR) is 93.3 cm³/mol. The van der Waals surface area contributed by atoms with E-state index in [0.29, 0.717) is 5.75 Å². The van der Waals surface area contributed by atoms with Gasteiger partial charge in [0.15, 0.2) is 16.7 Å². The predicted octanol–water partition coefficient (Wildman–Crippen LogP) is 4.06. The molecule has 0 saturated heterocycles. The molecule has 2 aromatic carbocycles. The third-order valence-electron chi connectivity index (χ3n) is 3.78. The van der Waals surface area contributed by atoms with Crippen molar-refractivity contribution in [1.82, 2.24) is 9.66 Å². The van der Waals surface area contributed by atoms with Gasteiger partial charge in [-0.15, -0.1) is 0 Å². The lowest BCUT2D eigenvalue weighted by Crippen LogP contribution is -2.13. The summed E-state index contributed by atoms with van der Waals surface area (Å²) in [6, 6.07) is 14.9. The Morgan fingerprint density at radius 3 is 2.71 bits per heavy atom. The summed E-state index contributed by atoms with van der Waals surface area (Å²) in [6.07, 6.45) is 1.90. The Hall–Kier alpha value is -2.60. The fourth-order valence-electron chi connectivity index (χ4n) is 2.55. The first kappa shape index (κ1) is 15.0. The van der Waals surface area contributed by atoms with Crippen LogP contribution in [0.25, 0.3) is 11.3 Å². The van der Waals surface area contributed by atoms with Crippen molar-refractivity contribution in [2.75, 3.05) is 12.9 Å².